The Labute approximate surface area is 95.5 Å². The summed E-state index contributed by atoms with van der Waals surface area (Å²) in [6, 6.07) is 0. The number of nitrogens with zero attached hydrogens (tertiary/aromatic N) is 1. The third-order valence-corrected chi connectivity index (χ3v) is 4.67. The van der Waals surface area contributed by atoms with Crippen LogP contribution in [0.25, 0.3) is 0 Å². The van der Waals surface area contributed by atoms with Crippen LogP contribution in [0, 0.1) is 0 Å². The van der Waals surface area contributed by atoms with E-state index in [1.54, 1.807) is 0 Å². The highest BCUT2D eigenvalue weighted by molar-refractivity contribution is 8.01. The molecule has 0 saturated carbocycles. The number of ether oxygens (including phenoxy) is 2. The zero-order chi connectivity index (χ0) is 10.8. The van der Waals surface area contributed by atoms with Crippen LogP contribution in [0.2, 0.25) is 0 Å². The molecular weight excluding hydrogens is 210 g/mol. The number of likely N-dealkylation sites (N-methyl/N-ethyl adjacent to an activating group) is 1. The fourth-order valence-electron chi connectivity index (χ4n) is 2.46. The molecule has 3 saturated heterocycles. The fourth-order valence-corrected chi connectivity index (χ4v) is 3.98. The minimum atomic E-state index is 0.314. The van der Waals surface area contributed by atoms with Crippen LogP contribution in [0.4, 0.5) is 0 Å². The van der Waals surface area contributed by atoms with E-state index in [-0.39, 0.29) is 0 Å². The van der Waals surface area contributed by atoms with Crippen LogP contribution >= 0.6 is 11.8 Å². The largest absolute Gasteiger partial charge is 0.353 e. The number of epoxide rings is 2. The first-order valence-electron chi connectivity index (χ1n) is 5.66. The third-order valence-electron chi connectivity index (χ3n) is 3.20. The summed E-state index contributed by atoms with van der Waals surface area (Å²) in [5, 5.41) is 0.606. The minimum absolute atomic E-state index is 0.314. The molecule has 0 radical (unpaired) electrons. The summed E-state index contributed by atoms with van der Waals surface area (Å²) in [5.74, 6) is 0. The first-order chi connectivity index (χ1) is 6.96. The third kappa shape index (κ3) is 1.93. The zero-order valence-electron chi connectivity index (χ0n) is 9.77. The van der Waals surface area contributed by atoms with E-state index in [9.17, 15) is 0 Å². The van der Waals surface area contributed by atoms with Crippen molar-refractivity contribution < 1.29 is 9.47 Å². The Balaban J connectivity index is 1.70. The van der Waals surface area contributed by atoms with E-state index >= 15 is 0 Å². The molecule has 3 aliphatic rings. The van der Waals surface area contributed by atoms with E-state index in [1.165, 1.54) is 0 Å². The van der Waals surface area contributed by atoms with Crippen molar-refractivity contribution in [3.63, 3.8) is 0 Å². The van der Waals surface area contributed by atoms with Gasteiger partial charge in [-0.3, -0.25) is 4.90 Å². The van der Waals surface area contributed by atoms with E-state index in [1.807, 2.05) is 11.8 Å². The van der Waals surface area contributed by atoms with Crippen LogP contribution in [0.1, 0.15) is 27.2 Å². The van der Waals surface area contributed by atoms with Crippen molar-refractivity contribution in [1.29, 1.82) is 0 Å². The first-order valence-corrected chi connectivity index (χ1v) is 6.54. The van der Waals surface area contributed by atoms with Crippen LogP contribution in [0.5, 0.6) is 0 Å². The van der Waals surface area contributed by atoms with Crippen LogP contribution < -0.4 is 0 Å². The molecule has 3 fully saturated rings. The monoisotopic (exact) mass is 229 g/mol. The number of fused-ring (bicyclic) bond motifs is 2. The van der Waals surface area contributed by atoms with E-state index in [2.05, 4.69) is 32.7 Å². The Morgan fingerprint density at radius 3 is 2.60 bits per heavy atom. The smallest absolute Gasteiger partial charge is 0.140 e. The van der Waals surface area contributed by atoms with Gasteiger partial charge in [0.2, 0.25) is 0 Å². The lowest BCUT2D eigenvalue weighted by atomic mass is 10.2. The summed E-state index contributed by atoms with van der Waals surface area (Å²) in [6.07, 6.45) is 2.72. The highest BCUT2D eigenvalue weighted by Crippen LogP contribution is 2.49. The van der Waals surface area contributed by atoms with Crippen LogP contribution in [-0.4, -0.2) is 46.6 Å². The van der Waals surface area contributed by atoms with Gasteiger partial charge in [-0.1, -0.05) is 20.8 Å². The van der Waals surface area contributed by atoms with Gasteiger partial charge in [-0.2, -0.15) is 0 Å². The van der Waals surface area contributed by atoms with Crippen LogP contribution in [0.3, 0.4) is 0 Å². The molecule has 3 heterocycles. The van der Waals surface area contributed by atoms with Gasteiger partial charge in [-0.15, -0.1) is 11.8 Å². The molecule has 0 spiro atoms. The molecule has 5 atom stereocenters. The summed E-state index contributed by atoms with van der Waals surface area (Å²) in [6.45, 7) is 6.82. The van der Waals surface area contributed by atoms with Gasteiger partial charge < -0.3 is 9.47 Å². The van der Waals surface area contributed by atoms with Crippen molar-refractivity contribution >= 4 is 11.8 Å². The molecular formula is C11H19NO2S. The summed E-state index contributed by atoms with van der Waals surface area (Å²) >= 11 is 2.04. The Morgan fingerprint density at radius 2 is 1.93 bits per heavy atom. The van der Waals surface area contributed by atoms with Crippen LogP contribution in [-0.2, 0) is 9.47 Å². The average Bonchev–Trinajstić information content (AvgIpc) is 2.92. The summed E-state index contributed by atoms with van der Waals surface area (Å²) < 4.78 is 11.7. The molecule has 15 heavy (non-hydrogen) atoms. The lowest BCUT2D eigenvalue weighted by molar-refractivity contribution is 0.144. The highest BCUT2D eigenvalue weighted by Gasteiger charge is 2.60. The van der Waals surface area contributed by atoms with E-state index in [0.717, 1.165) is 6.42 Å². The van der Waals surface area contributed by atoms with Gasteiger partial charge in [0.05, 0.1) is 0 Å². The molecule has 86 valence electrons. The van der Waals surface area contributed by atoms with Crippen molar-refractivity contribution in [2.24, 2.45) is 0 Å². The predicted molar refractivity (Wildman–Crippen MR) is 60.8 cm³/mol. The van der Waals surface area contributed by atoms with E-state index < -0.39 is 0 Å². The zero-order valence-corrected chi connectivity index (χ0v) is 10.6. The SMILES string of the molecule is CN1C2OC2CC(SC(C)(C)C)C2OC21. The van der Waals surface area contributed by atoms with Gasteiger partial charge in [0.25, 0.3) is 0 Å². The second kappa shape index (κ2) is 3.13. The second-order valence-corrected chi connectivity index (χ2v) is 7.79. The Hall–Kier alpha value is 0.230. The van der Waals surface area contributed by atoms with E-state index in [4.69, 9.17) is 9.47 Å². The van der Waals surface area contributed by atoms with Crippen molar-refractivity contribution in [1.82, 2.24) is 4.90 Å². The number of hydrogen-bond donors (Lipinski definition) is 0. The number of hydrogen-bond acceptors (Lipinski definition) is 4. The maximum absolute atomic E-state index is 5.75. The topological polar surface area (TPSA) is 28.3 Å². The van der Waals surface area contributed by atoms with Gasteiger partial charge >= 0.3 is 0 Å². The molecule has 5 unspecified atom stereocenters. The molecule has 0 N–H and O–H groups in total. The van der Waals surface area contributed by atoms with Gasteiger partial charge in [0.1, 0.15) is 24.7 Å². The summed E-state index contributed by atoms with van der Waals surface area (Å²) in [5.41, 5.74) is 0. The molecule has 0 aliphatic carbocycles. The van der Waals surface area contributed by atoms with Crippen molar-refractivity contribution in [3.8, 4) is 0 Å². The number of rotatable bonds is 1. The fraction of sp³-hybridized carbons (Fsp3) is 1.00. The van der Waals surface area contributed by atoms with Crippen molar-refractivity contribution in [3.05, 3.63) is 0 Å². The Bertz CT molecular complexity index is 278. The predicted octanol–water partition coefficient (Wildman–Crippen LogP) is 1.67. The molecule has 3 nitrogen and oxygen atoms in total. The van der Waals surface area contributed by atoms with Gasteiger partial charge in [0, 0.05) is 10.00 Å². The number of thioether (sulfide) groups is 1. The van der Waals surface area contributed by atoms with Gasteiger partial charge in [-0.05, 0) is 13.5 Å². The quantitative estimate of drug-likeness (QED) is 0.639. The molecule has 0 aromatic heterocycles. The molecule has 0 bridgehead atoms. The molecule has 0 aromatic carbocycles. The van der Waals surface area contributed by atoms with Crippen molar-refractivity contribution in [2.75, 3.05) is 7.05 Å². The van der Waals surface area contributed by atoms with Crippen molar-refractivity contribution in [2.45, 2.75) is 61.9 Å². The Morgan fingerprint density at radius 1 is 1.20 bits per heavy atom. The second-order valence-electron chi connectivity index (χ2n) is 5.73. The maximum atomic E-state index is 5.75. The maximum Gasteiger partial charge on any atom is 0.140 e. The first kappa shape index (κ1) is 10.4. The average molecular weight is 229 g/mol. The molecule has 4 heteroatoms. The van der Waals surface area contributed by atoms with Gasteiger partial charge in [0.15, 0.2) is 0 Å². The molecule has 0 amide bonds. The lowest BCUT2D eigenvalue weighted by Gasteiger charge is -2.23. The lowest BCUT2D eigenvalue weighted by Crippen LogP contribution is -2.27. The number of likely N-dealkylation sites (tertiary alicyclic amines) is 1. The summed E-state index contributed by atoms with van der Waals surface area (Å²) in [4.78, 5) is 2.25. The normalized spacial score (nSPS) is 49.2. The molecule has 0 aromatic rings. The molecule has 3 aliphatic heterocycles. The Kier molecular flexibility index (Phi) is 2.16. The van der Waals surface area contributed by atoms with Gasteiger partial charge in [-0.25, -0.2) is 0 Å². The van der Waals surface area contributed by atoms with E-state index in [0.29, 0.717) is 34.7 Å². The highest BCUT2D eigenvalue weighted by atomic mass is 32.2. The van der Waals surface area contributed by atoms with Crippen LogP contribution in [0.15, 0.2) is 0 Å². The standard InChI is InChI=1S/C11H19NO2S/c1-11(2,3)15-7-5-6-9(13-6)12(4)10-8(7)14-10/h6-10H,5H2,1-4H3. The molecule has 3 rings (SSSR count). The minimum Gasteiger partial charge on any atom is -0.353 e. The summed E-state index contributed by atoms with van der Waals surface area (Å²) in [7, 11) is 2.11.